The monoisotopic (exact) mass is 449 g/mol. The first-order chi connectivity index (χ1) is 16.0. The van der Waals surface area contributed by atoms with Gasteiger partial charge in [0.25, 0.3) is 0 Å². The van der Waals surface area contributed by atoms with Crippen LogP contribution in [0.2, 0.25) is 0 Å². The molecule has 0 aromatic heterocycles. The zero-order valence-corrected chi connectivity index (χ0v) is 21.0. The van der Waals surface area contributed by atoms with Crippen molar-refractivity contribution < 1.29 is 9.47 Å². The number of fused-ring (bicyclic) bond motifs is 5. The second-order valence-corrected chi connectivity index (χ2v) is 12.2. The molecule has 33 heavy (non-hydrogen) atoms. The van der Waals surface area contributed by atoms with Crippen molar-refractivity contribution in [2.45, 2.75) is 83.8 Å². The number of nitriles is 1. The molecule has 4 saturated carbocycles. The summed E-state index contributed by atoms with van der Waals surface area (Å²) in [5.74, 6) is 5.10. The van der Waals surface area contributed by atoms with Crippen LogP contribution in [0.25, 0.3) is 0 Å². The van der Waals surface area contributed by atoms with Crippen LogP contribution in [0.4, 0.5) is 0 Å². The highest BCUT2D eigenvalue weighted by atomic mass is 16.5. The van der Waals surface area contributed by atoms with Crippen molar-refractivity contribution >= 4 is 0 Å². The average Bonchev–Trinajstić information content (AvgIpc) is 3.20. The van der Waals surface area contributed by atoms with Gasteiger partial charge in [0.2, 0.25) is 0 Å². The quantitative estimate of drug-likeness (QED) is 0.469. The van der Waals surface area contributed by atoms with Crippen LogP contribution < -0.4 is 0 Å². The number of benzene rings is 1. The Hall–Kier alpha value is -1.37. The van der Waals surface area contributed by atoms with Crippen molar-refractivity contribution in [3.8, 4) is 6.07 Å². The Kier molecular flexibility index (Phi) is 6.62. The molecule has 1 aromatic rings. The Morgan fingerprint density at radius 2 is 1.79 bits per heavy atom. The molecule has 0 aliphatic heterocycles. The fraction of sp³-hybridized carbons (Fsp3) is 0.767. The summed E-state index contributed by atoms with van der Waals surface area (Å²) in [5.41, 5.74) is 1.53. The first kappa shape index (κ1) is 23.4. The summed E-state index contributed by atoms with van der Waals surface area (Å²) < 4.78 is 12.4. The van der Waals surface area contributed by atoms with E-state index in [4.69, 9.17) is 9.47 Å². The van der Waals surface area contributed by atoms with E-state index in [2.05, 4.69) is 50.2 Å². The second kappa shape index (κ2) is 9.35. The maximum atomic E-state index is 9.62. The minimum Gasteiger partial charge on any atom is -0.382 e. The van der Waals surface area contributed by atoms with Crippen LogP contribution in [-0.4, -0.2) is 19.3 Å². The summed E-state index contributed by atoms with van der Waals surface area (Å²) in [6, 6.07) is 13.2. The van der Waals surface area contributed by atoms with Gasteiger partial charge in [-0.1, -0.05) is 37.3 Å². The fourth-order valence-electron chi connectivity index (χ4n) is 9.28. The topological polar surface area (TPSA) is 42.2 Å². The van der Waals surface area contributed by atoms with Crippen LogP contribution in [0.1, 0.15) is 77.2 Å². The Labute approximate surface area is 201 Å². The fourth-order valence-corrected chi connectivity index (χ4v) is 9.28. The molecular formula is C30H43NO2. The molecule has 4 aliphatic rings. The lowest BCUT2D eigenvalue weighted by Gasteiger charge is -2.57. The smallest absolute Gasteiger partial charge is 0.0922 e. The Balaban J connectivity index is 1.28. The largest absolute Gasteiger partial charge is 0.382 e. The Morgan fingerprint density at radius 3 is 2.55 bits per heavy atom. The third-order valence-corrected chi connectivity index (χ3v) is 10.8. The van der Waals surface area contributed by atoms with E-state index in [1.54, 1.807) is 0 Å². The number of methoxy groups -OCH3 is 1. The molecule has 9 atom stereocenters. The molecule has 0 N–H and O–H groups in total. The number of hydrogen-bond donors (Lipinski definition) is 0. The molecular weight excluding hydrogens is 406 g/mol. The predicted molar refractivity (Wildman–Crippen MR) is 131 cm³/mol. The van der Waals surface area contributed by atoms with Crippen molar-refractivity contribution in [3.05, 3.63) is 35.9 Å². The van der Waals surface area contributed by atoms with Gasteiger partial charge in [-0.05, 0) is 111 Å². The van der Waals surface area contributed by atoms with Gasteiger partial charge < -0.3 is 9.47 Å². The van der Waals surface area contributed by atoms with Crippen molar-refractivity contribution in [1.29, 1.82) is 5.26 Å². The van der Waals surface area contributed by atoms with Gasteiger partial charge in [-0.3, -0.25) is 0 Å². The van der Waals surface area contributed by atoms with Crippen LogP contribution in [-0.2, 0) is 16.1 Å². The van der Waals surface area contributed by atoms with E-state index >= 15 is 0 Å². The highest BCUT2D eigenvalue weighted by molar-refractivity contribution is 5.14. The van der Waals surface area contributed by atoms with E-state index < -0.39 is 0 Å². The van der Waals surface area contributed by atoms with Gasteiger partial charge in [0.1, 0.15) is 0 Å². The molecule has 1 aromatic carbocycles. The van der Waals surface area contributed by atoms with Gasteiger partial charge >= 0.3 is 0 Å². The van der Waals surface area contributed by atoms with E-state index in [0.717, 1.165) is 42.4 Å². The normalized spacial score (nSPS) is 43.1. The zero-order valence-electron chi connectivity index (χ0n) is 21.0. The summed E-state index contributed by atoms with van der Waals surface area (Å²) >= 11 is 0. The summed E-state index contributed by atoms with van der Waals surface area (Å²) in [6.07, 6.45) is 11.7. The van der Waals surface area contributed by atoms with Crippen LogP contribution in [0, 0.1) is 58.2 Å². The standard InChI is InChI=1S/C30H43NO2/c1-21(18-31)27-11-12-28-26-10-9-23-17-30(20-32-3,33-19-22-7-5-4-6-8-22)16-14-24(23)25(26)13-15-29(27,28)2/h4-8,21,23-28H,9-17,19-20H2,1-3H3/t21?,23-,24+,25-,26-,27-,28+,29-,30-/m1/s1. The Morgan fingerprint density at radius 1 is 1.00 bits per heavy atom. The number of rotatable bonds is 6. The molecule has 0 spiro atoms. The third-order valence-electron chi connectivity index (χ3n) is 10.8. The lowest BCUT2D eigenvalue weighted by molar-refractivity contribution is -0.159. The molecule has 0 radical (unpaired) electrons. The summed E-state index contributed by atoms with van der Waals surface area (Å²) in [5, 5.41) is 9.62. The number of ether oxygens (including phenoxy) is 2. The molecule has 180 valence electrons. The molecule has 1 unspecified atom stereocenters. The van der Waals surface area contributed by atoms with Crippen LogP contribution in [0.3, 0.4) is 0 Å². The minimum atomic E-state index is -0.123. The van der Waals surface area contributed by atoms with Crippen LogP contribution in [0.15, 0.2) is 30.3 Å². The highest BCUT2D eigenvalue weighted by Crippen LogP contribution is 2.65. The van der Waals surface area contributed by atoms with E-state index in [1.807, 2.05) is 7.11 Å². The van der Waals surface area contributed by atoms with E-state index in [9.17, 15) is 5.26 Å². The maximum Gasteiger partial charge on any atom is 0.0922 e. The molecule has 5 rings (SSSR count). The van der Waals surface area contributed by atoms with Crippen LogP contribution >= 0.6 is 0 Å². The summed E-state index contributed by atoms with van der Waals surface area (Å²) in [4.78, 5) is 0. The molecule has 4 aliphatic carbocycles. The first-order valence-electron chi connectivity index (χ1n) is 13.6. The molecule has 0 heterocycles. The van der Waals surface area contributed by atoms with Gasteiger partial charge in [-0.15, -0.1) is 0 Å². The van der Waals surface area contributed by atoms with Crippen LogP contribution in [0.5, 0.6) is 0 Å². The average molecular weight is 450 g/mol. The Bertz CT molecular complexity index is 849. The van der Waals surface area contributed by atoms with Gasteiger partial charge in [0.15, 0.2) is 0 Å². The summed E-state index contributed by atoms with van der Waals surface area (Å²) in [6.45, 7) is 6.12. The van der Waals surface area contributed by atoms with Gasteiger partial charge in [0.05, 0.1) is 24.9 Å². The maximum absolute atomic E-state index is 9.62. The van der Waals surface area contributed by atoms with Gasteiger partial charge in [-0.25, -0.2) is 0 Å². The molecule has 0 saturated heterocycles. The lowest BCUT2D eigenvalue weighted by Crippen LogP contribution is -2.52. The zero-order chi connectivity index (χ0) is 23.1. The minimum absolute atomic E-state index is 0.123. The lowest BCUT2D eigenvalue weighted by atomic mass is 9.48. The third kappa shape index (κ3) is 4.17. The van der Waals surface area contributed by atoms with Crippen molar-refractivity contribution in [2.75, 3.05) is 13.7 Å². The second-order valence-electron chi connectivity index (χ2n) is 12.2. The SMILES string of the molecule is COC[C@@]1(OCc2ccccc2)CC[C@H]2[C@H](CC[C@@H]3[C@@H]2CC[C@]2(C)[C@@H](C(C)C#N)CC[C@@H]32)C1. The van der Waals surface area contributed by atoms with Gasteiger partial charge in [-0.2, -0.15) is 5.26 Å². The first-order valence-corrected chi connectivity index (χ1v) is 13.6. The predicted octanol–water partition coefficient (Wildman–Crippen LogP) is 7.02. The van der Waals surface area contributed by atoms with E-state index in [0.29, 0.717) is 24.5 Å². The van der Waals surface area contributed by atoms with Crippen molar-refractivity contribution in [1.82, 2.24) is 0 Å². The van der Waals surface area contributed by atoms with Crippen molar-refractivity contribution in [3.63, 3.8) is 0 Å². The molecule has 0 amide bonds. The molecule has 3 nitrogen and oxygen atoms in total. The van der Waals surface area contributed by atoms with E-state index in [-0.39, 0.29) is 11.5 Å². The summed E-state index contributed by atoms with van der Waals surface area (Å²) in [7, 11) is 1.83. The highest BCUT2D eigenvalue weighted by Gasteiger charge is 2.58. The van der Waals surface area contributed by atoms with Gasteiger partial charge in [0, 0.05) is 13.0 Å². The number of hydrogen-bond acceptors (Lipinski definition) is 3. The van der Waals surface area contributed by atoms with E-state index in [1.165, 1.54) is 50.5 Å². The molecule has 3 heteroatoms. The number of nitrogens with zero attached hydrogens (tertiary/aromatic N) is 1. The molecule has 4 fully saturated rings. The molecule has 0 bridgehead atoms. The van der Waals surface area contributed by atoms with Crippen molar-refractivity contribution in [2.24, 2.45) is 46.8 Å².